The highest BCUT2D eigenvalue weighted by Crippen LogP contribution is 2.32. The van der Waals surface area contributed by atoms with Gasteiger partial charge in [-0.05, 0) is 34.5 Å². The average Bonchev–Trinajstić information content (AvgIpc) is 3.35. The van der Waals surface area contributed by atoms with Gasteiger partial charge in [0, 0.05) is 40.2 Å². The molecule has 0 spiro atoms. The van der Waals surface area contributed by atoms with E-state index in [2.05, 4.69) is 32.1 Å². The fourth-order valence-electron chi connectivity index (χ4n) is 3.66. The predicted molar refractivity (Wildman–Crippen MR) is 110 cm³/mol. The number of nitrogens with one attached hydrogen (secondary N) is 1. The van der Waals surface area contributed by atoms with Gasteiger partial charge >= 0.3 is 0 Å². The molecule has 7 heteroatoms. The Labute approximate surface area is 167 Å². The van der Waals surface area contributed by atoms with Crippen molar-refractivity contribution < 1.29 is 4.79 Å². The molecule has 0 aliphatic rings. The Morgan fingerprint density at radius 3 is 2.68 bits per heavy atom. The van der Waals surface area contributed by atoms with E-state index in [0.29, 0.717) is 23.8 Å². The second-order valence-electron chi connectivity index (χ2n) is 6.61. The number of Topliss-reactive ketones (excluding diaryl/α,β-unsaturated/α-hetero) is 1. The van der Waals surface area contributed by atoms with Crippen molar-refractivity contribution in [3.05, 3.63) is 64.3 Å². The number of halogens is 1. The van der Waals surface area contributed by atoms with Crippen LogP contribution in [0.15, 0.2) is 42.5 Å². The van der Waals surface area contributed by atoms with Crippen LogP contribution in [0.4, 0.5) is 0 Å². The van der Waals surface area contributed by atoms with Crippen LogP contribution in [-0.2, 0) is 13.0 Å². The summed E-state index contributed by atoms with van der Waals surface area (Å²) in [5, 5.41) is 15.8. The Morgan fingerprint density at radius 2 is 2.00 bits per heavy atom. The number of carbonyl (C=O) groups is 1. The van der Waals surface area contributed by atoms with Gasteiger partial charge in [0.1, 0.15) is 0 Å². The molecule has 2 heterocycles. The van der Waals surface area contributed by atoms with E-state index in [9.17, 15) is 4.79 Å². The maximum atomic E-state index is 12.8. The third-order valence-electron chi connectivity index (χ3n) is 5.01. The largest absolute Gasteiger partial charge is 0.339 e. The highest BCUT2D eigenvalue weighted by atomic mass is 35.5. The lowest BCUT2D eigenvalue weighted by molar-refractivity contribution is 0.0988. The molecule has 0 unspecified atom stereocenters. The quantitative estimate of drug-likeness (QED) is 0.482. The fraction of sp³-hybridized carbons (Fsp3) is 0.238. The first-order chi connectivity index (χ1) is 13.6. The molecule has 0 atom stereocenters. The molecular formula is C21H20ClN5O. The number of ketones is 1. The molecule has 1 N–H and O–H groups in total. The molecule has 28 heavy (non-hydrogen) atoms. The Balaban J connectivity index is 1.97. The van der Waals surface area contributed by atoms with Gasteiger partial charge in [-0.25, -0.2) is 5.10 Å². The summed E-state index contributed by atoms with van der Waals surface area (Å²) >= 11 is 6.42. The summed E-state index contributed by atoms with van der Waals surface area (Å²) in [4.78, 5) is 12.8. The maximum absolute atomic E-state index is 12.8. The SMILES string of the molecule is CCC(=O)c1c(CC)n(Cc2ccccc2Cl)c2cc(-c3nnn[nH]3)ccc12. The second-order valence-corrected chi connectivity index (χ2v) is 7.02. The average molecular weight is 394 g/mol. The van der Waals surface area contributed by atoms with E-state index in [1.807, 2.05) is 49.4 Å². The van der Waals surface area contributed by atoms with E-state index >= 15 is 0 Å². The molecule has 0 radical (unpaired) electrons. The van der Waals surface area contributed by atoms with E-state index in [-0.39, 0.29) is 5.78 Å². The minimum Gasteiger partial charge on any atom is -0.339 e. The van der Waals surface area contributed by atoms with Crippen molar-refractivity contribution >= 4 is 28.3 Å². The molecular weight excluding hydrogens is 374 g/mol. The van der Waals surface area contributed by atoms with Crippen LogP contribution in [0.1, 0.15) is 41.9 Å². The molecule has 0 amide bonds. The molecule has 0 fully saturated rings. The van der Waals surface area contributed by atoms with Gasteiger partial charge in [0.25, 0.3) is 0 Å². The zero-order valence-corrected chi connectivity index (χ0v) is 16.5. The zero-order valence-electron chi connectivity index (χ0n) is 15.7. The summed E-state index contributed by atoms with van der Waals surface area (Å²) in [5.41, 5.74) is 4.68. The Hall–Kier alpha value is -2.99. The minimum atomic E-state index is 0.147. The Bertz CT molecular complexity index is 1150. The van der Waals surface area contributed by atoms with Crippen molar-refractivity contribution in [3.8, 4) is 11.4 Å². The van der Waals surface area contributed by atoms with Crippen LogP contribution >= 0.6 is 11.6 Å². The van der Waals surface area contributed by atoms with Gasteiger partial charge in [-0.2, -0.15) is 0 Å². The lowest BCUT2D eigenvalue weighted by Gasteiger charge is -2.12. The van der Waals surface area contributed by atoms with Gasteiger partial charge in [0.05, 0.1) is 5.52 Å². The van der Waals surface area contributed by atoms with Gasteiger partial charge in [0.2, 0.25) is 0 Å². The van der Waals surface area contributed by atoms with Crippen LogP contribution in [0.3, 0.4) is 0 Å². The molecule has 2 aromatic heterocycles. The number of hydrogen-bond acceptors (Lipinski definition) is 4. The van der Waals surface area contributed by atoms with Crippen LogP contribution in [0.25, 0.3) is 22.3 Å². The van der Waals surface area contributed by atoms with Crippen molar-refractivity contribution in [1.29, 1.82) is 0 Å². The molecule has 0 saturated carbocycles. The second kappa shape index (κ2) is 7.56. The van der Waals surface area contributed by atoms with Crippen LogP contribution in [0.2, 0.25) is 5.02 Å². The van der Waals surface area contributed by atoms with Gasteiger partial charge in [-0.1, -0.05) is 55.8 Å². The summed E-state index contributed by atoms with van der Waals surface area (Å²) < 4.78 is 2.19. The Kier molecular flexibility index (Phi) is 4.96. The lowest BCUT2D eigenvalue weighted by Crippen LogP contribution is -2.07. The number of aromatic amines is 1. The number of aromatic nitrogens is 5. The topological polar surface area (TPSA) is 76.5 Å². The van der Waals surface area contributed by atoms with Crippen molar-refractivity contribution in [2.24, 2.45) is 0 Å². The third-order valence-corrected chi connectivity index (χ3v) is 5.38. The van der Waals surface area contributed by atoms with Crippen LogP contribution in [-0.4, -0.2) is 31.0 Å². The van der Waals surface area contributed by atoms with E-state index in [1.165, 1.54) is 0 Å². The molecule has 2 aromatic carbocycles. The van der Waals surface area contributed by atoms with Crippen molar-refractivity contribution in [1.82, 2.24) is 25.2 Å². The number of benzene rings is 2. The number of fused-ring (bicyclic) bond motifs is 1. The summed E-state index contributed by atoms with van der Waals surface area (Å²) in [6.45, 7) is 4.56. The number of nitrogens with zero attached hydrogens (tertiary/aromatic N) is 4. The lowest BCUT2D eigenvalue weighted by atomic mass is 10.0. The number of hydrogen-bond donors (Lipinski definition) is 1. The summed E-state index contributed by atoms with van der Waals surface area (Å²) in [7, 11) is 0. The van der Waals surface area contributed by atoms with E-state index in [1.54, 1.807) is 0 Å². The molecule has 0 aliphatic carbocycles. The highest BCUT2D eigenvalue weighted by Gasteiger charge is 2.21. The first-order valence-corrected chi connectivity index (χ1v) is 9.67. The van der Waals surface area contributed by atoms with E-state index in [4.69, 9.17) is 11.6 Å². The number of carbonyl (C=O) groups excluding carboxylic acids is 1. The molecule has 0 saturated heterocycles. The van der Waals surface area contributed by atoms with Gasteiger partial charge in [-0.3, -0.25) is 4.79 Å². The molecule has 142 valence electrons. The normalized spacial score (nSPS) is 11.2. The minimum absolute atomic E-state index is 0.147. The molecule has 4 rings (SSSR count). The summed E-state index contributed by atoms with van der Waals surface area (Å²) in [5.74, 6) is 0.739. The molecule has 6 nitrogen and oxygen atoms in total. The first kappa shape index (κ1) is 18.4. The summed E-state index contributed by atoms with van der Waals surface area (Å²) in [6.07, 6.45) is 1.21. The summed E-state index contributed by atoms with van der Waals surface area (Å²) in [6, 6.07) is 13.7. The van der Waals surface area contributed by atoms with E-state index < -0.39 is 0 Å². The first-order valence-electron chi connectivity index (χ1n) is 9.29. The Morgan fingerprint density at radius 1 is 1.18 bits per heavy atom. The predicted octanol–water partition coefficient (Wildman–Crippen LogP) is 4.68. The third kappa shape index (κ3) is 3.10. The zero-order chi connectivity index (χ0) is 19.7. The smallest absolute Gasteiger partial charge is 0.179 e. The van der Waals surface area contributed by atoms with Crippen molar-refractivity contribution in [3.63, 3.8) is 0 Å². The fourth-order valence-corrected chi connectivity index (χ4v) is 3.86. The van der Waals surface area contributed by atoms with Gasteiger partial charge in [-0.15, -0.1) is 5.10 Å². The standard InChI is InChI=1S/C21H20ClN5O/c1-3-17-20(19(28)4-2)15-10-9-13(21-23-25-26-24-21)11-18(15)27(17)12-14-7-5-6-8-16(14)22/h5-11H,3-4,12H2,1-2H3,(H,23,24,25,26). The van der Waals surface area contributed by atoms with Crippen LogP contribution < -0.4 is 0 Å². The van der Waals surface area contributed by atoms with Crippen molar-refractivity contribution in [2.45, 2.75) is 33.2 Å². The van der Waals surface area contributed by atoms with Crippen LogP contribution in [0.5, 0.6) is 0 Å². The molecule has 0 aliphatic heterocycles. The number of tetrazole rings is 1. The van der Waals surface area contributed by atoms with Crippen LogP contribution in [0, 0.1) is 0 Å². The van der Waals surface area contributed by atoms with E-state index in [0.717, 1.165) is 39.7 Å². The van der Waals surface area contributed by atoms with Gasteiger partial charge in [0.15, 0.2) is 11.6 Å². The van der Waals surface area contributed by atoms with Crippen molar-refractivity contribution in [2.75, 3.05) is 0 Å². The highest BCUT2D eigenvalue weighted by molar-refractivity contribution is 6.31. The molecule has 4 aromatic rings. The molecule has 0 bridgehead atoms. The number of rotatable bonds is 6. The maximum Gasteiger partial charge on any atom is 0.179 e. The number of H-pyrrole nitrogens is 1. The monoisotopic (exact) mass is 393 g/mol. The van der Waals surface area contributed by atoms with Gasteiger partial charge < -0.3 is 4.57 Å².